The van der Waals surface area contributed by atoms with Crippen molar-refractivity contribution in [3.05, 3.63) is 58.4 Å². The van der Waals surface area contributed by atoms with E-state index in [0.29, 0.717) is 0 Å². The quantitative estimate of drug-likeness (QED) is 0.813. The average Bonchev–Trinajstić information content (AvgIpc) is 2.43. The van der Waals surface area contributed by atoms with Crippen LogP contribution in [0.2, 0.25) is 5.02 Å². The SMILES string of the molecule is O=C(Nc1c(Cl)cccc1C(=O)O)c1cc(F)ccc1O. The summed E-state index contributed by atoms with van der Waals surface area (Å²) in [7, 11) is 0. The van der Waals surface area contributed by atoms with Gasteiger partial charge in [0, 0.05) is 0 Å². The Labute approximate surface area is 123 Å². The van der Waals surface area contributed by atoms with Crippen LogP contribution < -0.4 is 5.32 Å². The fraction of sp³-hybridized carbons (Fsp3) is 0. The van der Waals surface area contributed by atoms with Crippen molar-refractivity contribution in [3.63, 3.8) is 0 Å². The maximum Gasteiger partial charge on any atom is 0.337 e. The lowest BCUT2D eigenvalue weighted by Crippen LogP contribution is -2.15. The molecule has 0 aliphatic carbocycles. The maximum absolute atomic E-state index is 13.1. The van der Waals surface area contributed by atoms with E-state index in [-0.39, 0.29) is 21.8 Å². The standard InChI is InChI=1S/C14H9ClFNO4/c15-10-3-1-2-8(14(20)21)12(10)17-13(19)9-6-7(16)4-5-11(9)18/h1-6,18H,(H,17,19)(H,20,21). The molecule has 5 nitrogen and oxygen atoms in total. The lowest BCUT2D eigenvalue weighted by atomic mass is 10.1. The largest absolute Gasteiger partial charge is 0.507 e. The van der Waals surface area contributed by atoms with Gasteiger partial charge in [-0.3, -0.25) is 4.79 Å². The van der Waals surface area contributed by atoms with Crippen molar-refractivity contribution in [2.45, 2.75) is 0 Å². The van der Waals surface area contributed by atoms with Crippen LogP contribution in [-0.4, -0.2) is 22.1 Å². The number of rotatable bonds is 3. The van der Waals surface area contributed by atoms with Crippen LogP contribution in [0.1, 0.15) is 20.7 Å². The van der Waals surface area contributed by atoms with Crippen molar-refractivity contribution >= 4 is 29.2 Å². The maximum atomic E-state index is 13.1. The third-order valence-corrected chi connectivity index (χ3v) is 3.00. The average molecular weight is 310 g/mol. The minimum absolute atomic E-state index is 0.0131. The summed E-state index contributed by atoms with van der Waals surface area (Å²) in [6.45, 7) is 0. The van der Waals surface area contributed by atoms with Gasteiger partial charge in [-0.25, -0.2) is 9.18 Å². The fourth-order valence-electron chi connectivity index (χ4n) is 1.70. The molecule has 0 fully saturated rings. The molecule has 0 bridgehead atoms. The second-order valence-corrected chi connectivity index (χ2v) is 4.49. The van der Waals surface area contributed by atoms with Crippen molar-refractivity contribution in [2.24, 2.45) is 0 Å². The number of nitrogens with one attached hydrogen (secondary N) is 1. The highest BCUT2D eigenvalue weighted by atomic mass is 35.5. The van der Waals surface area contributed by atoms with Crippen molar-refractivity contribution in [1.82, 2.24) is 0 Å². The Balaban J connectivity index is 2.41. The van der Waals surface area contributed by atoms with Gasteiger partial charge in [-0.1, -0.05) is 17.7 Å². The molecule has 0 saturated heterocycles. The Morgan fingerprint density at radius 2 is 1.86 bits per heavy atom. The van der Waals surface area contributed by atoms with E-state index in [9.17, 15) is 19.1 Å². The predicted octanol–water partition coefficient (Wildman–Crippen LogP) is 3.14. The number of hydrogen-bond acceptors (Lipinski definition) is 3. The van der Waals surface area contributed by atoms with Crippen LogP contribution in [0.4, 0.5) is 10.1 Å². The monoisotopic (exact) mass is 309 g/mol. The van der Waals surface area contributed by atoms with Crippen LogP contribution in [0.3, 0.4) is 0 Å². The first kappa shape index (κ1) is 14.8. The molecule has 0 saturated carbocycles. The van der Waals surface area contributed by atoms with Crippen LogP contribution in [0.25, 0.3) is 0 Å². The molecule has 1 amide bonds. The van der Waals surface area contributed by atoms with Crippen molar-refractivity contribution in [1.29, 1.82) is 0 Å². The van der Waals surface area contributed by atoms with Crippen LogP contribution in [0.15, 0.2) is 36.4 Å². The molecule has 7 heteroatoms. The number of aromatic carboxylic acids is 1. The molecule has 0 aliphatic heterocycles. The molecule has 21 heavy (non-hydrogen) atoms. The van der Waals surface area contributed by atoms with E-state index in [1.807, 2.05) is 0 Å². The number of amides is 1. The number of carboxylic acids is 1. The van der Waals surface area contributed by atoms with Gasteiger partial charge in [-0.2, -0.15) is 0 Å². The highest BCUT2D eigenvalue weighted by Gasteiger charge is 2.18. The molecule has 0 aliphatic rings. The van der Waals surface area contributed by atoms with Gasteiger partial charge in [-0.05, 0) is 30.3 Å². The zero-order valence-electron chi connectivity index (χ0n) is 10.4. The summed E-state index contributed by atoms with van der Waals surface area (Å²) in [6.07, 6.45) is 0. The highest BCUT2D eigenvalue weighted by molar-refractivity contribution is 6.35. The Bertz CT molecular complexity index is 733. The molecular formula is C14H9ClFNO4. The Morgan fingerprint density at radius 1 is 1.14 bits per heavy atom. The van der Waals surface area contributed by atoms with E-state index in [4.69, 9.17) is 16.7 Å². The Morgan fingerprint density at radius 3 is 2.52 bits per heavy atom. The van der Waals surface area contributed by atoms with Gasteiger partial charge in [0.2, 0.25) is 0 Å². The number of hydrogen-bond donors (Lipinski definition) is 3. The number of carbonyl (C=O) groups excluding carboxylic acids is 1. The van der Waals surface area contributed by atoms with E-state index < -0.39 is 23.4 Å². The van der Waals surface area contributed by atoms with Crippen LogP contribution in [0.5, 0.6) is 5.75 Å². The first-order chi connectivity index (χ1) is 9.90. The molecule has 2 rings (SSSR count). The Kier molecular flexibility index (Phi) is 4.09. The number of aromatic hydroxyl groups is 1. The van der Waals surface area contributed by atoms with E-state index >= 15 is 0 Å². The molecule has 0 radical (unpaired) electrons. The number of carbonyl (C=O) groups is 2. The second kappa shape index (κ2) is 5.80. The van der Waals surface area contributed by atoms with Crippen LogP contribution in [-0.2, 0) is 0 Å². The van der Waals surface area contributed by atoms with Gasteiger partial charge in [-0.15, -0.1) is 0 Å². The Hall–Kier alpha value is -2.60. The van der Waals surface area contributed by atoms with Crippen molar-refractivity contribution in [2.75, 3.05) is 5.32 Å². The van der Waals surface area contributed by atoms with Gasteiger partial charge < -0.3 is 15.5 Å². The number of benzene rings is 2. The van der Waals surface area contributed by atoms with Gasteiger partial charge in [0.15, 0.2) is 0 Å². The van der Waals surface area contributed by atoms with E-state index in [0.717, 1.165) is 18.2 Å². The second-order valence-electron chi connectivity index (χ2n) is 4.08. The topological polar surface area (TPSA) is 86.6 Å². The molecule has 0 atom stereocenters. The van der Waals surface area contributed by atoms with E-state index in [2.05, 4.69) is 5.32 Å². The smallest absolute Gasteiger partial charge is 0.337 e. The van der Waals surface area contributed by atoms with Crippen LogP contribution >= 0.6 is 11.6 Å². The first-order valence-electron chi connectivity index (χ1n) is 5.72. The zero-order chi connectivity index (χ0) is 15.6. The van der Waals surface area contributed by atoms with E-state index in [1.165, 1.54) is 18.2 Å². The molecule has 2 aromatic rings. The van der Waals surface area contributed by atoms with Gasteiger partial charge in [0.05, 0.1) is 21.8 Å². The molecule has 0 aromatic heterocycles. The fourth-order valence-corrected chi connectivity index (χ4v) is 1.92. The molecule has 108 valence electrons. The van der Waals surface area contributed by atoms with Gasteiger partial charge in [0.1, 0.15) is 11.6 Å². The van der Waals surface area contributed by atoms with Crippen molar-refractivity contribution in [3.8, 4) is 5.75 Å². The predicted molar refractivity (Wildman–Crippen MR) is 74.4 cm³/mol. The zero-order valence-corrected chi connectivity index (χ0v) is 11.2. The summed E-state index contributed by atoms with van der Waals surface area (Å²) in [5.41, 5.74) is -0.668. The number of carboxylic acid groups (broad SMARTS) is 1. The highest BCUT2D eigenvalue weighted by Crippen LogP contribution is 2.28. The normalized spacial score (nSPS) is 10.2. The first-order valence-corrected chi connectivity index (χ1v) is 6.09. The molecule has 3 N–H and O–H groups in total. The summed E-state index contributed by atoms with van der Waals surface area (Å²) < 4.78 is 13.1. The van der Waals surface area contributed by atoms with Gasteiger partial charge in [0.25, 0.3) is 5.91 Å². The van der Waals surface area contributed by atoms with Crippen LogP contribution in [0, 0.1) is 5.82 Å². The third-order valence-electron chi connectivity index (χ3n) is 2.69. The molecule has 0 heterocycles. The lowest BCUT2D eigenvalue weighted by Gasteiger charge is -2.11. The summed E-state index contributed by atoms with van der Waals surface area (Å²) in [5, 5.41) is 20.9. The number of halogens is 2. The summed E-state index contributed by atoms with van der Waals surface area (Å²) in [4.78, 5) is 23.1. The molecular weight excluding hydrogens is 301 g/mol. The molecule has 0 unspecified atom stereocenters. The summed E-state index contributed by atoms with van der Waals surface area (Å²) in [5.74, 6) is -3.30. The van der Waals surface area contributed by atoms with Crippen molar-refractivity contribution < 1.29 is 24.2 Å². The van der Waals surface area contributed by atoms with Gasteiger partial charge >= 0.3 is 5.97 Å². The number of para-hydroxylation sites is 1. The molecule has 0 spiro atoms. The summed E-state index contributed by atoms with van der Waals surface area (Å²) >= 11 is 5.86. The lowest BCUT2D eigenvalue weighted by molar-refractivity contribution is 0.0698. The third kappa shape index (κ3) is 3.11. The number of phenols is 1. The summed E-state index contributed by atoms with van der Waals surface area (Å²) in [6, 6.07) is 6.92. The molecule has 2 aromatic carbocycles. The minimum Gasteiger partial charge on any atom is -0.507 e. The number of anilines is 1. The van der Waals surface area contributed by atoms with E-state index in [1.54, 1.807) is 0 Å². The number of phenolic OH excluding ortho intramolecular Hbond substituents is 1. The minimum atomic E-state index is -1.28.